The molecule has 1 aliphatic rings. The molecule has 1 N–H and O–H groups in total. The van der Waals surface area contributed by atoms with Crippen molar-refractivity contribution in [3.05, 3.63) is 52.6 Å². The van der Waals surface area contributed by atoms with Crippen LogP contribution in [-0.2, 0) is 4.79 Å². The first-order valence-electron chi connectivity index (χ1n) is 7.67. The second-order valence-electron chi connectivity index (χ2n) is 5.88. The van der Waals surface area contributed by atoms with E-state index in [1.165, 1.54) is 5.56 Å². The molecule has 1 unspecified atom stereocenters. The minimum atomic E-state index is -0.0388. The van der Waals surface area contributed by atoms with Gasteiger partial charge >= 0.3 is 0 Å². The molecule has 4 nitrogen and oxygen atoms in total. The van der Waals surface area contributed by atoms with Gasteiger partial charge in [-0.05, 0) is 48.7 Å². The van der Waals surface area contributed by atoms with E-state index < -0.39 is 0 Å². The molecule has 120 valence electrons. The number of methoxy groups -OCH3 is 2. The van der Waals surface area contributed by atoms with E-state index in [-0.39, 0.29) is 11.8 Å². The Morgan fingerprint density at radius 1 is 1.04 bits per heavy atom. The second kappa shape index (κ2) is 5.95. The quantitative estimate of drug-likeness (QED) is 0.938. The van der Waals surface area contributed by atoms with Gasteiger partial charge in [0.05, 0.1) is 14.2 Å². The Hall–Kier alpha value is -2.49. The number of benzene rings is 2. The molecule has 3 rings (SSSR count). The van der Waals surface area contributed by atoms with Crippen molar-refractivity contribution in [1.82, 2.24) is 0 Å². The summed E-state index contributed by atoms with van der Waals surface area (Å²) in [5.41, 5.74) is 5.31. The number of aryl methyl sites for hydroxylation is 1. The van der Waals surface area contributed by atoms with Crippen LogP contribution in [0.15, 0.2) is 30.3 Å². The van der Waals surface area contributed by atoms with Gasteiger partial charge in [0.15, 0.2) is 0 Å². The zero-order valence-electron chi connectivity index (χ0n) is 13.9. The predicted octanol–water partition coefficient (Wildman–Crippen LogP) is 3.79. The Bertz CT molecular complexity index is 767. The van der Waals surface area contributed by atoms with Gasteiger partial charge in [-0.3, -0.25) is 4.79 Å². The molecular formula is C19H21NO3. The molecule has 0 aromatic heterocycles. The standard InChI is InChI=1S/C19H21NO3/c1-11-5-7-14-15(10-18(21)20-19(14)12(11)2)16-9-13(22-3)6-8-17(16)23-4/h5-9,15H,10H2,1-4H3,(H,20,21). The fourth-order valence-electron chi connectivity index (χ4n) is 3.17. The number of amides is 1. The van der Waals surface area contributed by atoms with E-state index in [4.69, 9.17) is 9.47 Å². The van der Waals surface area contributed by atoms with Gasteiger partial charge < -0.3 is 14.8 Å². The molecule has 0 radical (unpaired) electrons. The van der Waals surface area contributed by atoms with Crippen LogP contribution in [0.3, 0.4) is 0 Å². The Balaban J connectivity index is 2.19. The summed E-state index contributed by atoms with van der Waals surface area (Å²) < 4.78 is 10.9. The summed E-state index contributed by atoms with van der Waals surface area (Å²) in [6.45, 7) is 4.09. The van der Waals surface area contributed by atoms with Crippen LogP contribution >= 0.6 is 0 Å². The van der Waals surface area contributed by atoms with Crippen molar-refractivity contribution in [2.45, 2.75) is 26.2 Å². The maximum absolute atomic E-state index is 12.2. The molecule has 1 aliphatic heterocycles. The van der Waals surface area contributed by atoms with Crippen molar-refractivity contribution in [3.63, 3.8) is 0 Å². The van der Waals surface area contributed by atoms with Crippen molar-refractivity contribution >= 4 is 11.6 Å². The molecule has 0 saturated carbocycles. The number of fused-ring (bicyclic) bond motifs is 1. The molecule has 0 spiro atoms. The lowest BCUT2D eigenvalue weighted by atomic mass is 9.82. The van der Waals surface area contributed by atoms with Crippen LogP contribution < -0.4 is 14.8 Å². The summed E-state index contributed by atoms with van der Waals surface area (Å²) in [5.74, 6) is 1.52. The van der Waals surface area contributed by atoms with Gasteiger partial charge in [-0.25, -0.2) is 0 Å². The lowest BCUT2D eigenvalue weighted by Gasteiger charge is -2.29. The highest BCUT2D eigenvalue weighted by Gasteiger charge is 2.30. The van der Waals surface area contributed by atoms with Crippen molar-refractivity contribution < 1.29 is 14.3 Å². The largest absolute Gasteiger partial charge is 0.497 e. The van der Waals surface area contributed by atoms with E-state index in [1.54, 1.807) is 14.2 Å². The van der Waals surface area contributed by atoms with E-state index in [0.717, 1.165) is 33.9 Å². The number of nitrogens with one attached hydrogen (secondary N) is 1. The Labute approximate surface area is 136 Å². The van der Waals surface area contributed by atoms with Gasteiger partial charge in [-0.1, -0.05) is 12.1 Å². The number of ether oxygens (including phenoxy) is 2. The fourth-order valence-corrected chi connectivity index (χ4v) is 3.17. The van der Waals surface area contributed by atoms with Crippen molar-refractivity contribution in [2.75, 3.05) is 19.5 Å². The number of rotatable bonds is 3. The van der Waals surface area contributed by atoms with Gasteiger partial charge in [0.25, 0.3) is 0 Å². The normalized spacial score (nSPS) is 16.5. The van der Waals surface area contributed by atoms with Crippen LogP contribution in [0.2, 0.25) is 0 Å². The third-order valence-electron chi connectivity index (χ3n) is 4.61. The van der Waals surface area contributed by atoms with Crippen LogP contribution in [0.25, 0.3) is 0 Å². The van der Waals surface area contributed by atoms with Gasteiger partial charge in [0, 0.05) is 23.6 Å². The minimum absolute atomic E-state index is 0.0288. The van der Waals surface area contributed by atoms with Gasteiger partial charge in [-0.15, -0.1) is 0 Å². The molecular weight excluding hydrogens is 290 g/mol. The predicted molar refractivity (Wildman–Crippen MR) is 90.6 cm³/mol. The molecule has 2 aromatic rings. The van der Waals surface area contributed by atoms with Crippen LogP contribution in [0, 0.1) is 13.8 Å². The topological polar surface area (TPSA) is 47.6 Å². The van der Waals surface area contributed by atoms with Gasteiger partial charge in [0.1, 0.15) is 11.5 Å². The van der Waals surface area contributed by atoms with Crippen molar-refractivity contribution in [3.8, 4) is 11.5 Å². The second-order valence-corrected chi connectivity index (χ2v) is 5.88. The SMILES string of the molecule is COc1ccc(OC)c(C2CC(=O)Nc3c2ccc(C)c3C)c1. The first-order chi connectivity index (χ1) is 11.0. The highest BCUT2D eigenvalue weighted by atomic mass is 16.5. The van der Waals surface area contributed by atoms with E-state index in [0.29, 0.717) is 6.42 Å². The van der Waals surface area contributed by atoms with E-state index in [9.17, 15) is 4.79 Å². The highest BCUT2D eigenvalue weighted by Crippen LogP contribution is 2.43. The number of hydrogen-bond acceptors (Lipinski definition) is 3. The van der Waals surface area contributed by atoms with Crippen molar-refractivity contribution in [2.24, 2.45) is 0 Å². The number of anilines is 1. The Kier molecular flexibility index (Phi) is 3.99. The number of carbonyl (C=O) groups is 1. The van der Waals surface area contributed by atoms with Gasteiger partial charge in [0.2, 0.25) is 5.91 Å². The maximum Gasteiger partial charge on any atom is 0.225 e. The summed E-state index contributed by atoms with van der Waals surface area (Å²) >= 11 is 0. The third-order valence-corrected chi connectivity index (χ3v) is 4.61. The maximum atomic E-state index is 12.2. The van der Waals surface area contributed by atoms with Crippen LogP contribution in [0.1, 0.15) is 34.6 Å². The van der Waals surface area contributed by atoms with Crippen LogP contribution in [0.4, 0.5) is 5.69 Å². The van der Waals surface area contributed by atoms with Crippen LogP contribution in [0.5, 0.6) is 11.5 Å². The molecule has 1 amide bonds. The van der Waals surface area contributed by atoms with Gasteiger partial charge in [-0.2, -0.15) is 0 Å². The van der Waals surface area contributed by atoms with E-state index in [1.807, 2.05) is 25.1 Å². The zero-order valence-corrected chi connectivity index (χ0v) is 13.9. The lowest BCUT2D eigenvalue weighted by Crippen LogP contribution is -2.24. The summed E-state index contributed by atoms with van der Waals surface area (Å²) in [6, 6.07) is 9.92. The highest BCUT2D eigenvalue weighted by molar-refractivity contribution is 5.96. The average Bonchev–Trinajstić information content (AvgIpc) is 2.57. The smallest absolute Gasteiger partial charge is 0.225 e. The molecule has 0 fully saturated rings. The molecule has 1 atom stereocenters. The summed E-state index contributed by atoms with van der Waals surface area (Å²) in [7, 11) is 3.29. The summed E-state index contributed by atoms with van der Waals surface area (Å²) in [5, 5.41) is 3.02. The zero-order chi connectivity index (χ0) is 16.6. The third kappa shape index (κ3) is 2.65. The first-order valence-corrected chi connectivity index (χ1v) is 7.67. The first kappa shape index (κ1) is 15.4. The van der Waals surface area contributed by atoms with Crippen molar-refractivity contribution in [1.29, 1.82) is 0 Å². The molecule has 23 heavy (non-hydrogen) atoms. The molecule has 1 heterocycles. The molecule has 0 aliphatic carbocycles. The minimum Gasteiger partial charge on any atom is -0.497 e. The molecule has 0 saturated heterocycles. The summed E-state index contributed by atoms with van der Waals surface area (Å²) in [4.78, 5) is 12.2. The monoisotopic (exact) mass is 311 g/mol. The summed E-state index contributed by atoms with van der Waals surface area (Å²) in [6.07, 6.45) is 0.402. The molecule has 0 bridgehead atoms. The van der Waals surface area contributed by atoms with E-state index in [2.05, 4.69) is 24.4 Å². The fraction of sp³-hybridized carbons (Fsp3) is 0.316. The Morgan fingerprint density at radius 2 is 1.83 bits per heavy atom. The molecule has 4 heteroatoms. The lowest BCUT2D eigenvalue weighted by molar-refractivity contribution is -0.116. The Morgan fingerprint density at radius 3 is 2.52 bits per heavy atom. The van der Waals surface area contributed by atoms with E-state index >= 15 is 0 Å². The average molecular weight is 311 g/mol. The molecule has 2 aromatic carbocycles. The van der Waals surface area contributed by atoms with Crippen LogP contribution in [-0.4, -0.2) is 20.1 Å². The number of carbonyl (C=O) groups excluding carboxylic acids is 1. The number of hydrogen-bond donors (Lipinski definition) is 1.